The van der Waals surface area contributed by atoms with Gasteiger partial charge in [-0.15, -0.1) is 0 Å². The molecule has 0 saturated carbocycles. The third-order valence-corrected chi connectivity index (χ3v) is 5.79. The SMILES string of the molecule is CS(=O)(=O)C1CSCCN1C(=O)c1ccc(N)cc1N. The number of benzene rings is 1. The monoisotopic (exact) mass is 315 g/mol. The van der Waals surface area contributed by atoms with Gasteiger partial charge in [0.15, 0.2) is 9.84 Å². The summed E-state index contributed by atoms with van der Waals surface area (Å²) in [5.74, 6) is 0.741. The minimum atomic E-state index is -3.33. The topological polar surface area (TPSA) is 106 Å². The first-order chi connectivity index (χ1) is 9.30. The van der Waals surface area contributed by atoms with Crippen LogP contribution in [-0.2, 0) is 9.84 Å². The van der Waals surface area contributed by atoms with E-state index in [-0.39, 0.29) is 11.6 Å². The van der Waals surface area contributed by atoms with Gasteiger partial charge in [-0.25, -0.2) is 8.42 Å². The van der Waals surface area contributed by atoms with Gasteiger partial charge in [0.05, 0.1) is 5.56 Å². The zero-order chi connectivity index (χ0) is 14.9. The second-order valence-electron chi connectivity index (χ2n) is 4.70. The third-order valence-electron chi connectivity index (χ3n) is 3.15. The number of rotatable bonds is 2. The van der Waals surface area contributed by atoms with E-state index in [9.17, 15) is 13.2 Å². The molecule has 0 aliphatic carbocycles. The smallest absolute Gasteiger partial charge is 0.257 e. The maximum absolute atomic E-state index is 12.5. The van der Waals surface area contributed by atoms with Crippen molar-refractivity contribution < 1.29 is 13.2 Å². The van der Waals surface area contributed by atoms with Crippen molar-refractivity contribution >= 4 is 38.9 Å². The van der Waals surface area contributed by atoms with Crippen LogP contribution in [0.2, 0.25) is 0 Å². The Hall–Kier alpha value is -1.41. The lowest BCUT2D eigenvalue weighted by atomic mass is 10.1. The Morgan fingerprint density at radius 1 is 1.40 bits per heavy atom. The van der Waals surface area contributed by atoms with Crippen LogP contribution in [0.3, 0.4) is 0 Å². The number of sulfone groups is 1. The average molecular weight is 315 g/mol. The van der Waals surface area contributed by atoms with Crippen LogP contribution in [0.25, 0.3) is 0 Å². The van der Waals surface area contributed by atoms with Crippen molar-refractivity contribution in [3.63, 3.8) is 0 Å². The molecule has 0 aromatic heterocycles. The van der Waals surface area contributed by atoms with Crippen LogP contribution >= 0.6 is 11.8 Å². The van der Waals surface area contributed by atoms with E-state index >= 15 is 0 Å². The molecular weight excluding hydrogens is 298 g/mol. The van der Waals surface area contributed by atoms with Gasteiger partial charge in [0, 0.05) is 35.7 Å². The van der Waals surface area contributed by atoms with Crippen LogP contribution in [0.5, 0.6) is 0 Å². The van der Waals surface area contributed by atoms with E-state index in [1.807, 2.05) is 0 Å². The molecule has 1 amide bonds. The van der Waals surface area contributed by atoms with Crippen molar-refractivity contribution in [3.8, 4) is 0 Å². The molecule has 1 unspecified atom stereocenters. The van der Waals surface area contributed by atoms with Gasteiger partial charge in [-0.3, -0.25) is 4.79 Å². The predicted octanol–water partition coefficient (Wildman–Crippen LogP) is 0.411. The zero-order valence-corrected chi connectivity index (χ0v) is 12.7. The zero-order valence-electron chi connectivity index (χ0n) is 11.1. The van der Waals surface area contributed by atoms with Crippen LogP contribution in [0.15, 0.2) is 18.2 Å². The maximum Gasteiger partial charge on any atom is 0.257 e. The molecule has 1 aromatic carbocycles. The quantitative estimate of drug-likeness (QED) is 0.766. The number of carbonyl (C=O) groups is 1. The molecule has 4 N–H and O–H groups in total. The molecule has 8 heteroatoms. The number of carbonyl (C=O) groups excluding carboxylic acids is 1. The molecule has 6 nitrogen and oxygen atoms in total. The van der Waals surface area contributed by atoms with Crippen LogP contribution in [0.4, 0.5) is 11.4 Å². The molecule has 2 rings (SSSR count). The summed E-state index contributed by atoms with van der Waals surface area (Å²) in [4.78, 5) is 13.9. The number of nitrogens with zero attached hydrogens (tertiary/aromatic N) is 1. The number of thioether (sulfide) groups is 1. The van der Waals surface area contributed by atoms with Gasteiger partial charge in [-0.2, -0.15) is 11.8 Å². The Morgan fingerprint density at radius 3 is 2.70 bits per heavy atom. The van der Waals surface area contributed by atoms with Gasteiger partial charge in [0.2, 0.25) is 0 Å². The van der Waals surface area contributed by atoms with E-state index in [2.05, 4.69) is 0 Å². The summed E-state index contributed by atoms with van der Waals surface area (Å²) >= 11 is 1.53. The summed E-state index contributed by atoms with van der Waals surface area (Å²) in [6, 6.07) is 4.62. The number of anilines is 2. The van der Waals surface area contributed by atoms with Crippen LogP contribution in [-0.4, -0.2) is 48.9 Å². The Kier molecular flexibility index (Phi) is 4.14. The molecule has 1 atom stereocenters. The largest absolute Gasteiger partial charge is 0.399 e. The van der Waals surface area contributed by atoms with Crippen LogP contribution < -0.4 is 11.5 Å². The summed E-state index contributed by atoms with van der Waals surface area (Å²) in [6.45, 7) is 0.394. The third kappa shape index (κ3) is 3.01. The summed E-state index contributed by atoms with van der Waals surface area (Å²) in [6.07, 6.45) is 1.15. The van der Waals surface area contributed by atoms with E-state index in [0.29, 0.717) is 29.3 Å². The van der Waals surface area contributed by atoms with E-state index in [1.165, 1.54) is 28.8 Å². The van der Waals surface area contributed by atoms with Crippen molar-refractivity contribution in [2.45, 2.75) is 5.37 Å². The molecular formula is C12H17N3O3S2. The lowest BCUT2D eigenvalue weighted by Gasteiger charge is -2.34. The van der Waals surface area contributed by atoms with E-state index in [0.717, 1.165) is 6.26 Å². The molecule has 110 valence electrons. The summed E-state index contributed by atoms with van der Waals surface area (Å²) in [5.41, 5.74) is 12.4. The number of nitrogen functional groups attached to an aromatic ring is 2. The fraction of sp³-hybridized carbons (Fsp3) is 0.417. The first-order valence-electron chi connectivity index (χ1n) is 6.03. The van der Waals surface area contributed by atoms with Crippen molar-refractivity contribution in [2.24, 2.45) is 0 Å². The molecule has 1 fully saturated rings. The molecule has 1 heterocycles. The second-order valence-corrected chi connectivity index (χ2v) is 8.06. The Bertz CT molecular complexity index is 631. The molecule has 20 heavy (non-hydrogen) atoms. The van der Waals surface area contributed by atoms with Gasteiger partial charge in [0.25, 0.3) is 5.91 Å². The maximum atomic E-state index is 12.5. The molecule has 1 aliphatic rings. The Labute approximate surface area is 122 Å². The minimum Gasteiger partial charge on any atom is -0.399 e. The Balaban J connectivity index is 2.35. The highest BCUT2D eigenvalue weighted by molar-refractivity contribution is 8.00. The number of hydrogen-bond acceptors (Lipinski definition) is 6. The molecule has 0 radical (unpaired) electrons. The normalized spacial score (nSPS) is 19.9. The second kappa shape index (κ2) is 5.53. The molecule has 0 bridgehead atoms. The summed E-state index contributed by atoms with van der Waals surface area (Å²) < 4.78 is 23.6. The lowest BCUT2D eigenvalue weighted by Crippen LogP contribution is -2.50. The minimum absolute atomic E-state index is 0.264. The van der Waals surface area contributed by atoms with Crippen molar-refractivity contribution in [1.29, 1.82) is 0 Å². The predicted molar refractivity (Wildman–Crippen MR) is 82.3 cm³/mol. The molecule has 1 aromatic rings. The van der Waals surface area contributed by atoms with Gasteiger partial charge >= 0.3 is 0 Å². The van der Waals surface area contributed by atoms with Crippen molar-refractivity contribution in [2.75, 3.05) is 35.8 Å². The van der Waals surface area contributed by atoms with E-state index < -0.39 is 15.2 Å². The summed E-state index contributed by atoms with van der Waals surface area (Å²) in [7, 11) is -3.33. The number of amides is 1. The van der Waals surface area contributed by atoms with Crippen LogP contribution in [0, 0.1) is 0 Å². The van der Waals surface area contributed by atoms with Crippen molar-refractivity contribution in [3.05, 3.63) is 23.8 Å². The Morgan fingerprint density at radius 2 is 2.10 bits per heavy atom. The fourth-order valence-corrected chi connectivity index (χ4v) is 4.91. The highest BCUT2D eigenvalue weighted by atomic mass is 32.2. The standard InChI is InChI=1S/C12H17N3O3S2/c1-20(17,18)11-7-19-5-4-15(11)12(16)9-3-2-8(13)6-10(9)14/h2-3,6,11H,4-5,7,13-14H2,1H3. The van der Waals surface area contributed by atoms with Gasteiger partial charge in [0.1, 0.15) is 5.37 Å². The van der Waals surface area contributed by atoms with Gasteiger partial charge in [-0.1, -0.05) is 0 Å². The van der Waals surface area contributed by atoms with Gasteiger partial charge in [-0.05, 0) is 18.2 Å². The number of hydrogen-bond donors (Lipinski definition) is 2. The molecule has 1 saturated heterocycles. The van der Waals surface area contributed by atoms with Crippen LogP contribution in [0.1, 0.15) is 10.4 Å². The number of nitrogens with two attached hydrogens (primary N) is 2. The van der Waals surface area contributed by atoms with E-state index in [4.69, 9.17) is 11.5 Å². The molecule has 0 spiro atoms. The lowest BCUT2D eigenvalue weighted by molar-refractivity contribution is 0.0751. The molecule has 1 aliphatic heterocycles. The first kappa shape index (κ1) is 15.0. The highest BCUT2D eigenvalue weighted by Gasteiger charge is 2.35. The highest BCUT2D eigenvalue weighted by Crippen LogP contribution is 2.25. The summed E-state index contributed by atoms with van der Waals surface area (Å²) in [5, 5.41) is -0.800. The average Bonchev–Trinajstić information content (AvgIpc) is 2.37. The van der Waals surface area contributed by atoms with Gasteiger partial charge < -0.3 is 16.4 Å². The van der Waals surface area contributed by atoms with E-state index in [1.54, 1.807) is 6.07 Å². The van der Waals surface area contributed by atoms with Crippen molar-refractivity contribution in [1.82, 2.24) is 4.90 Å². The first-order valence-corrected chi connectivity index (χ1v) is 9.14. The fourth-order valence-electron chi connectivity index (χ4n) is 2.10.